The van der Waals surface area contributed by atoms with Crippen LogP contribution in [0, 0.1) is 0 Å². The summed E-state index contributed by atoms with van der Waals surface area (Å²) in [5.74, 6) is 11.1. The summed E-state index contributed by atoms with van der Waals surface area (Å²) in [6, 6.07) is 0. The van der Waals surface area contributed by atoms with E-state index in [9.17, 15) is 0 Å². The van der Waals surface area contributed by atoms with Crippen molar-refractivity contribution in [3.8, 4) is 0 Å². The highest BCUT2D eigenvalue weighted by Gasteiger charge is 2.15. The molecular formula is C13H39Al3I2O2. The Bertz CT molecular complexity index is 131. The Labute approximate surface area is 168 Å². The molecule has 126 valence electrons. The first-order valence-electron chi connectivity index (χ1n) is 5.93. The summed E-state index contributed by atoms with van der Waals surface area (Å²) in [6.45, 7) is 1.05. The van der Waals surface area contributed by atoms with Crippen LogP contribution in [0.5, 0.6) is 0 Å². The van der Waals surface area contributed by atoms with Gasteiger partial charge in [-0.3, -0.25) is 0 Å². The van der Waals surface area contributed by atoms with E-state index in [1.54, 1.807) is 0 Å². The van der Waals surface area contributed by atoms with Gasteiger partial charge in [0.2, 0.25) is 0 Å². The molecule has 1 heterocycles. The third-order valence-corrected chi connectivity index (χ3v) is 8.33. The van der Waals surface area contributed by atoms with Gasteiger partial charge in [-0.25, -0.2) is 0 Å². The first-order chi connectivity index (χ1) is 7.52. The molecule has 2 nitrogen and oxygen atoms in total. The highest BCUT2D eigenvalue weighted by atomic mass is 128. The standard InChI is InChI=1S/C4H8O.4CH4.5CH3.3Al.I2.O/c1-2-3-4-5;;;;;;;;;;;;;1-2;/h1-4H2;4*1H4;5*1H3;;;;;/q-1;;;;;;;;;;;;+1;;. The van der Waals surface area contributed by atoms with Crippen molar-refractivity contribution in [1.82, 2.24) is 0 Å². The van der Waals surface area contributed by atoms with Gasteiger partial charge in [-0.15, -0.1) is 0 Å². The maximum Gasteiger partial charge on any atom is 0.457 e. The van der Waals surface area contributed by atoms with Crippen molar-refractivity contribution in [2.45, 2.75) is 76.8 Å². The average molecular weight is 562 g/mol. The average Bonchev–Trinajstić information content (AvgIpc) is 2.20. The summed E-state index contributed by atoms with van der Waals surface area (Å²) in [6.07, 6.45) is 2.73. The van der Waals surface area contributed by atoms with Crippen LogP contribution in [0.4, 0.5) is 0 Å². The quantitative estimate of drug-likeness (QED) is 0.261. The van der Waals surface area contributed by atoms with Gasteiger partial charge < -0.3 is 6.63 Å². The second kappa shape index (κ2) is 29.9. The van der Waals surface area contributed by atoms with Crippen molar-refractivity contribution in [2.75, 3.05) is 6.61 Å². The lowest BCUT2D eigenvalue weighted by Crippen LogP contribution is -2.18. The summed E-state index contributed by atoms with van der Waals surface area (Å²) >= 11 is 2.31. The Morgan fingerprint density at radius 1 is 0.900 bits per heavy atom. The Balaban J connectivity index is -0.0000000369. The van der Waals surface area contributed by atoms with Crippen molar-refractivity contribution in [3.63, 3.8) is 0 Å². The van der Waals surface area contributed by atoms with Gasteiger partial charge in [0.15, 0.2) is 0 Å². The zero-order valence-corrected chi connectivity index (χ0v) is 18.9. The van der Waals surface area contributed by atoms with Crippen LogP contribution in [0.3, 0.4) is 0 Å². The van der Waals surface area contributed by atoms with E-state index in [4.69, 9.17) is 6.63 Å². The predicted octanol–water partition coefficient (Wildman–Crippen LogP) is 7.24. The molecule has 1 rings (SSSR count). The maximum absolute atomic E-state index is 5.53. The topological polar surface area (TPSA) is 18.5 Å². The highest BCUT2D eigenvalue weighted by molar-refractivity contribution is 15.0. The fourth-order valence-corrected chi connectivity index (χ4v) is 7.40. The van der Waals surface area contributed by atoms with Crippen LogP contribution in [0.25, 0.3) is 0 Å². The van der Waals surface area contributed by atoms with Crippen molar-refractivity contribution < 1.29 is 6.63 Å². The molecule has 0 aromatic rings. The summed E-state index contributed by atoms with van der Waals surface area (Å²) in [7, 11) is 0. The zero-order chi connectivity index (χ0) is 13.0. The molecule has 0 atom stereocenters. The van der Waals surface area contributed by atoms with Gasteiger partial charge in [0.05, 0.1) is 0 Å². The van der Waals surface area contributed by atoms with Crippen molar-refractivity contribution in [2.24, 2.45) is 0 Å². The minimum atomic E-state index is -0.667. The molecule has 0 bridgehead atoms. The van der Waals surface area contributed by atoms with Crippen molar-refractivity contribution >= 4 is 80.7 Å². The molecular weight excluding hydrogens is 523 g/mol. The smallest absolute Gasteiger partial charge is 0.457 e. The van der Waals surface area contributed by atoms with E-state index in [-0.39, 0.29) is 29.7 Å². The van der Waals surface area contributed by atoms with E-state index >= 15 is 0 Å². The predicted molar refractivity (Wildman–Crippen MR) is 123 cm³/mol. The Hall–Kier alpha value is 2.98. The molecule has 0 aliphatic carbocycles. The molecule has 0 N–H and O–H groups in total. The third kappa shape index (κ3) is 37.3. The van der Waals surface area contributed by atoms with Crippen molar-refractivity contribution in [3.05, 3.63) is 0 Å². The maximum atomic E-state index is 5.53. The fraction of sp³-hybridized carbons (Fsp3) is 1.00. The number of hydrogen-bond donors (Lipinski definition) is 0. The van der Waals surface area contributed by atoms with Gasteiger partial charge in [0.25, 0.3) is 0 Å². The van der Waals surface area contributed by atoms with Gasteiger partial charge in [0, 0.05) is 43.8 Å². The van der Waals surface area contributed by atoms with Gasteiger partial charge in [-0.2, -0.15) is 0 Å². The molecule has 0 aromatic carbocycles. The largest absolute Gasteiger partial charge is 0.637 e. The monoisotopic (exact) mass is 562 g/mol. The molecule has 1 saturated heterocycles. The van der Waals surface area contributed by atoms with E-state index in [1.165, 1.54) is 18.1 Å². The van der Waals surface area contributed by atoms with E-state index in [1.807, 2.05) is 0 Å². The van der Waals surface area contributed by atoms with E-state index in [0.717, 1.165) is 6.61 Å². The van der Waals surface area contributed by atoms with Crippen LogP contribution in [0.15, 0.2) is 0 Å². The number of halogens is 2. The molecule has 1 fully saturated rings. The minimum Gasteiger partial charge on any atom is -0.637 e. The molecule has 1 aliphatic heterocycles. The highest BCUT2D eigenvalue weighted by Crippen LogP contribution is 2.09. The zero-order valence-electron chi connectivity index (χ0n) is 11.1. The SMILES string of the molecule is C.C.C.C.II.[CH3][Al]([CH3])[O][Al]([CH3])[CH3].[CH3][Al]1[CH2]CCC[O]1. The normalized spacial score (nSPS) is 11.2. The molecule has 0 aromatic heterocycles. The molecule has 1 aliphatic rings. The second-order valence-corrected chi connectivity index (χ2v) is 12.2. The lowest BCUT2D eigenvalue weighted by Gasteiger charge is -2.13. The van der Waals surface area contributed by atoms with Crippen molar-refractivity contribution in [1.29, 1.82) is 0 Å². The van der Waals surface area contributed by atoms with Crippen LogP contribution in [0.1, 0.15) is 42.5 Å². The molecule has 0 spiro atoms. The van der Waals surface area contributed by atoms with Gasteiger partial charge in [-0.05, 0) is 6.42 Å². The lowest BCUT2D eigenvalue weighted by molar-refractivity contribution is 0.291. The van der Waals surface area contributed by atoms with Crippen LogP contribution in [-0.4, -0.2) is 50.1 Å². The van der Waals surface area contributed by atoms with Crippen LogP contribution in [-0.2, 0) is 6.63 Å². The third-order valence-electron chi connectivity index (χ3n) is 1.95. The fourth-order valence-electron chi connectivity index (χ4n) is 1.45. The Morgan fingerprint density at radius 3 is 1.40 bits per heavy atom. The molecule has 0 saturated carbocycles. The Kier molecular flexibility index (Phi) is 57.6. The summed E-state index contributed by atoms with van der Waals surface area (Å²) in [5.41, 5.74) is 0. The molecule has 7 heteroatoms. The van der Waals surface area contributed by atoms with E-state index < -0.39 is 43.4 Å². The molecule has 0 radical (unpaired) electrons. The van der Waals surface area contributed by atoms with Crippen LogP contribution in [0.2, 0.25) is 34.2 Å². The van der Waals surface area contributed by atoms with Crippen LogP contribution >= 0.6 is 37.2 Å². The van der Waals surface area contributed by atoms with E-state index in [0.29, 0.717) is 0 Å². The van der Waals surface area contributed by atoms with Gasteiger partial charge >= 0.3 is 43.4 Å². The first kappa shape index (κ1) is 38.5. The second-order valence-electron chi connectivity index (χ2n) is 4.41. The number of hydrogen-bond acceptors (Lipinski definition) is 2. The summed E-state index contributed by atoms with van der Waals surface area (Å²) in [5, 5.41) is 1.40. The number of rotatable bonds is 2. The van der Waals surface area contributed by atoms with Crippen LogP contribution < -0.4 is 0 Å². The first-order valence-corrected chi connectivity index (χ1v) is 20.2. The summed E-state index contributed by atoms with van der Waals surface area (Å²) < 4.78 is 10.9. The van der Waals surface area contributed by atoms with Gasteiger partial charge in [-0.1, -0.05) is 70.3 Å². The molecule has 0 unspecified atom stereocenters. The Morgan fingerprint density at radius 2 is 1.30 bits per heavy atom. The molecule has 0 amide bonds. The van der Waals surface area contributed by atoms with E-state index in [2.05, 4.69) is 66.2 Å². The van der Waals surface area contributed by atoms with Gasteiger partial charge in [0.1, 0.15) is 0 Å². The minimum absolute atomic E-state index is 0. The molecule has 20 heavy (non-hydrogen) atoms. The summed E-state index contributed by atoms with van der Waals surface area (Å²) in [4.78, 5) is 0. The lowest BCUT2D eigenvalue weighted by atomic mass is 10.4.